The maximum absolute atomic E-state index is 12.4. The number of rotatable bonds is 8. The number of halogens is 1. The van der Waals surface area contributed by atoms with E-state index in [9.17, 15) is 18.0 Å². The van der Waals surface area contributed by atoms with Gasteiger partial charge >= 0.3 is 0 Å². The minimum Gasteiger partial charge on any atom is -0.355 e. The Bertz CT molecular complexity index is 674. The Kier molecular flexibility index (Phi) is 7.65. The molecule has 1 aromatic carbocycles. The number of carbonyl (C=O) groups is 2. The fourth-order valence-electron chi connectivity index (χ4n) is 1.88. The zero-order valence-electron chi connectivity index (χ0n) is 13.8. The summed E-state index contributed by atoms with van der Waals surface area (Å²) in [7, 11) is -3.89. The van der Waals surface area contributed by atoms with Crippen LogP contribution in [0.3, 0.4) is 0 Å². The third-order valence-corrected chi connectivity index (χ3v) is 4.86. The number of carbonyl (C=O) groups excluding carboxylic acids is 2. The Morgan fingerprint density at radius 3 is 2.21 bits per heavy atom. The van der Waals surface area contributed by atoms with E-state index in [1.807, 2.05) is 0 Å². The number of sulfonamides is 1. The Labute approximate surface area is 147 Å². The van der Waals surface area contributed by atoms with Crippen molar-refractivity contribution in [1.29, 1.82) is 0 Å². The zero-order valence-corrected chi connectivity index (χ0v) is 15.4. The number of likely N-dealkylation sites (N-methyl/N-ethyl adjacent to an activating group) is 1. The molecule has 0 heterocycles. The lowest BCUT2D eigenvalue weighted by Crippen LogP contribution is -2.51. The zero-order chi connectivity index (χ0) is 18.3. The average Bonchev–Trinajstić information content (AvgIpc) is 2.51. The highest BCUT2D eigenvalue weighted by Crippen LogP contribution is 2.15. The van der Waals surface area contributed by atoms with Gasteiger partial charge in [-0.25, -0.2) is 8.42 Å². The summed E-state index contributed by atoms with van der Waals surface area (Å²) >= 11 is 5.75. The van der Waals surface area contributed by atoms with Gasteiger partial charge in [0.05, 0.1) is 11.4 Å². The molecule has 3 N–H and O–H groups in total. The van der Waals surface area contributed by atoms with Crippen LogP contribution in [0.25, 0.3) is 0 Å². The molecule has 0 aliphatic heterocycles. The molecule has 2 amide bonds. The van der Waals surface area contributed by atoms with Crippen molar-refractivity contribution in [3.8, 4) is 0 Å². The molecule has 134 valence electrons. The lowest BCUT2D eigenvalue weighted by atomic mass is 10.1. The highest BCUT2D eigenvalue weighted by Gasteiger charge is 2.28. The van der Waals surface area contributed by atoms with Crippen LogP contribution in [0, 0.1) is 5.92 Å². The van der Waals surface area contributed by atoms with Crippen LogP contribution >= 0.6 is 11.6 Å². The summed E-state index contributed by atoms with van der Waals surface area (Å²) in [5, 5.41) is 5.39. The molecule has 1 rings (SSSR count). The topological polar surface area (TPSA) is 104 Å². The van der Waals surface area contributed by atoms with Crippen LogP contribution < -0.4 is 15.4 Å². The van der Waals surface area contributed by atoms with Gasteiger partial charge in [0.1, 0.15) is 6.04 Å². The van der Waals surface area contributed by atoms with E-state index in [0.717, 1.165) is 0 Å². The largest absolute Gasteiger partial charge is 0.355 e. The van der Waals surface area contributed by atoms with Crippen LogP contribution in [0.1, 0.15) is 20.8 Å². The quantitative estimate of drug-likeness (QED) is 0.627. The molecule has 0 aliphatic carbocycles. The van der Waals surface area contributed by atoms with Crippen molar-refractivity contribution in [3.05, 3.63) is 29.3 Å². The summed E-state index contributed by atoms with van der Waals surface area (Å²) in [5.41, 5.74) is 0. The minimum atomic E-state index is -3.89. The van der Waals surface area contributed by atoms with Gasteiger partial charge in [0.15, 0.2) is 0 Å². The van der Waals surface area contributed by atoms with E-state index >= 15 is 0 Å². The summed E-state index contributed by atoms with van der Waals surface area (Å²) in [6, 6.07) is 4.62. The van der Waals surface area contributed by atoms with Crippen LogP contribution in [0.2, 0.25) is 5.02 Å². The molecular formula is C15H22ClN3O4S. The van der Waals surface area contributed by atoms with Crippen molar-refractivity contribution < 1.29 is 18.0 Å². The first-order valence-electron chi connectivity index (χ1n) is 7.49. The summed E-state index contributed by atoms with van der Waals surface area (Å²) in [6.07, 6.45) is 0. The first-order valence-corrected chi connectivity index (χ1v) is 9.35. The van der Waals surface area contributed by atoms with Crippen molar-refractivity contribution in [3.63, 3.8) is 0 Å². The molecule has 9 heteroatoms. The Hall–Kier alpha value is -1.64. The normalized spacial score (nSPS) is 12.7. The van der Waals surface area contributed by atoms with Crippen LogP contribution in [-0.2, 0) is 19.6 Å². The first-order chi connectivity index (χ1) is 11.2. The van der Waals surface area contributed by atoms with E-state index in [1.54, 1.807) is 20.8 Å². The van der Waals surface area contributed by atoms with Crippen molar-refractivity contribution in [2.75, 3.05) is 13.1 Å². The molecule has 7 nitrogen and oxygen atoms in total. The van der Waals surface area contributed by atoms with Gasteiger partial charge in [-0.3, -0.25) is 9.59 Å². The second-order valence-corrected chi connectivity index (χ2v) is 7.62. The van der Waals surface area contributed by atoms with Crippen LogP contribution in [-0.4, -0.2) is 39.4 Å². The minimum absolute atomic E-state index is 0.00840. The molecule has 0 unspecified atom stereocenters. The number of nitrogens with one attached hydrogen (secondary N) is 3. The van der Waals surface area contributed by atoms with Crippen molar-refractivity contribution >= 4 is 33.4 Å². The Morgan fingerprint density at radius 1 is 1.12 bits per heavy atom. The van der Waals surface area contributed by atoms with Gasteiger partial charge in [-0.15, -0.1) is 0 Å². The van der Waals surface area contributed by atoms with Gasteiger partial charge < -0.3 is 10.6 Å². The number of hydrogen-bond donors (Lipinski definition) is 3. The summed E-state index contributed by atoms with van der Waals surface area (Å²) < 4.78 is 27.1. The van der Waals surface area contributed by atoms with Crippen LogP contribution in [0.5, 0.6) is 0 Å². The SMILES string of the molecule is CCNC(=O)CNC(=O)[C@H](NS(=O)(=O)c1ccc(Cl)cc1)C(C)C. The Balaban J connectivity index is 2.83. The van der Waals surface area contributed by atoms with E-state index in [0.29, 0.717) is 11.6 Å². The second-order valence-electron chi connectivity index (χ2n) is 5.47. The molecule has 0 saturated heterocycles. The van der Waals surface area contributed by atoms with Gasteiger partial charge in [-0.05, 0) is 37.1 Å². The van der Waals surface area contributed by atoms with Crippen LogP contribution in [0.4, 0.5) is 0 Å². The monoisotopic (exact) mass is 375 g/mol. The first kappa shape index (κ1) is 20.4. The molecule has 1 atom stereocenters. The summed E-state index contributed by atoms with van der Waals surface area (Å²) in [4.78, 5) is 23.6. The molecule has 0 aliphatic rings. The van der Waals surface area contributed by atoms with Gasteiger partial charge in [-0.1, -0.05) is 25.4 Å². The number of benzene rings is 1. The number of amides is 2. The predicted octanol–water partition coefficient (Wildman–Crippen LogP) is 0.895. The van der Waals surface area contributed by atoms with E-state index in [1.165, 1.54) is 24.3 Å². The fraction of sp³-hybridized carbons (Fsp3) is 0.467. The standard InChI is InChI=1S/C15H22ClN3O4S/c1-4-17-13(20)9-18-15(21)14(10(2)3)19-24(22,23)12-7-5-11(16)6-8-12/h5-8,10,14,19H,4,9H2,1-3H3,(H,17,20)(H,18,21)/t14-/m1/s1. The van der Waals surface area contributed by atoms with Crippen LogP contribution in [0.15, 0.2) is 29.2 Å². The summed E-state index contributed by atoms with van der Waals surface area (Å²) in [5.74, 6) is -1.20. The molecule has 0 radical (unpaired) electrons. The van der Waals surface area contributed by atoms with Gasteiger partial charge in [0.25, 0.3) is 0 Å². The predicted molar refractivity (Wildman–Crippen MR) is 92.1 cm³/mol. The highest BCUT2D eigenvalue weighted by atomic mass is 35.5. The van der Waals surface area contributed by atoms with Crippen molar-refractivity contribution in [2.24, 2.45) is 5.92 Å². The van der Waals surface area contributed by atoms with Gasteiger partial charge in [0.2, 0.25) is 21.8 Å². The Morgan fingerprint density at radius 2 is 1.71 bits per heavy atom. The molecule has 0 bridgehead atoms. The van der Waals surface area contributed by atoms with Crippen molar-refractivity contribution in [2.45, 2.75) is 31.7 Å². The van der Waals surface area contributed by atoms with Crippen molar-refractivity contribution in [1.82, 2.24) is 15.4 Å². The number of hydrogen-bond acceptors (Lipinski definition) is 4. The van der Waals surface area contributed by atoms with E-state index in [2.05, 4.69) is 15.4 Å². The average molecular weight is 376 g/mol. The molecular weight excluding hydrogens is 354 g/mol. The lowest BCUT2D eigenvalue weighted by molar-refractivity contribution is -0.127. The third-order valence-electron chi connectivity index (χ3n) is 3.15. The maximum atomic E-state index is 12.4. The van der Waals surface area contributed by atoms with E-state index < -0.39 is 22.0 Å². The summed E-state index contributed by atoms with van der Waals surface area (Å²) in [6.45, 7) is 5.42. The molecule has 0 spiro atoms. The molecule has 1 aromatic rings. The molecule has 0 aromatic heterocycles. The fourth-order valence-corrected chi connectivity index (χ4v) is 3.35. The molecule has 0 fully saturated rings. The van der Waals surface area contributed by atoms with E-state index in [-0.39, 0.29) is 23.3 Å². The molecule has 24 heavy (non-hydrogen) atoms. The van der Waals surface area contributed by atoms with Gasteiger partial charge in [0, 0.05) is 11.6 Å². The molecule has 0 saturated carbocycles. The highest BCUT2D eigenvalue weighted by molar-refractivity contribution is 7.89. The third kappa shape index (κ3) is 6.10. The lowest BCUT2D eigenvalue weighted by Gasteiger charge is -2.21. The maximum Gasteiger partial charge on any atom is 0.241 e. The van der Waals surface area contributed by atoms with E-state index in [4.69, 9.17) is 11.6 Å². The smallest absolute Gasteiger partial charge is 0.241 e. The second kappa shape index (κ2) is 9.00. The van der Waals surface area contributed by atoms with Gasteiger partial charge in [-0.2, -0.15) is 4.72 Å².